The van der Waals surface area contributed by atoms with Gasteiger partial charge < -0.3 is 4.90 Å². The summed E-state index contributed by atoms with van der Waals surface area (Å²) < 4.78 is 0. The number of anilines is 12. The van der Waals surface area contributed by atoms with Crippen LogP contribution < -0.4 is 52.4 Å². The van der Waals surface area contributed by atoms with Gasteiger partial charge in [0.15, 0.2) is 0 Å². The van der Waals surface area contributed by atoms with E-state index in [-0.39, 0.29) is 13.4 Å². The zero-order valence-corrected chi connectivity index (χ0v) is 32.2. The quantitative estimate of drug-likeness (QED) is 0.172. The van der Waals surface area contributed by atoms with Gasteiger partial charge in [-0.2, -0.15) is 0 Å². The molecule has 0 spiro atoms. The highest BCUT2D eigenvalue weighted by molar-refractivity contribution is 7.03. The summed E-state index contributed by atoms with van der Waals surface area (Å²) in [5, 5.41) is 0. The topological polar surface area (TPSA) is 64.5 Å². The number of benzene rings is 6. The van der Waals surface area contributed by atoms with Crippen LogP contribution in [0.15, 0.2) is 195 Å². The Hall–Kier alpha value is -7.97. The molecule has 10 heteroatoms. The van der Waals surface area contributed by atoms with E-state index < -0.39 is 0 Å². The van der Waals surface area contributed by atoms with E-state index in [9.17, 15) is 0 Å². The monoisotopic (exact) mass is 766 g/mol. The maximum atomic E-state index is 5.92. The van der Waals surface area contributed by atoms with Crippen molar-refractivity contribution in [2.45, 2.75) is 0 Å². The lowest BCUT2D eigenvalue weighted by Gasteiger charge is -2.45. The number of aromatic nitrogens is 4. The number of rotatable bonds is 4. The summed E-state index contributed by atoms with van der Waals surface area (Å²) in [7, 11) is 0. The van der Waals surface area contributed by atoms with Crippen LogP contribution in [0.3, 0.4) is 0 Å². The molecule has 0 unspecified atom stereocenters. The van der Waals surface area contributed by atoms with Gasteiger partial charge in [-0.25, -0.2) is 19.9 Å². The fourth-order valence-electron chi connectivity index (χ4n) is 10.1. The van der Waals surface area contributed by atoms with Gasteiger partial charge in [-0.15, -0.1) is 0 Å². The Labute approximate surface area is 347 Å². The van der Waals surface area contributed by atoms with Crippen LogP contribution >= 0.6 is 0 Å². The van der Waals surface area contributed by atoms with Gasteiger partial charge in [0.2, 0.25) is 0 Å². The molecule has 278 valence electrons. The number of hydrogen-bond acceptors (Lipinski definition) is 8. The van der Waals surface area contributed by atoms with Crippen molar-refractivity contribution in [3.63, 3.8) is 0 Å². The molecule has 0 aliphatic carbocycles. The highest BCUT2D eigenvalue weighted by atomic mass is 15.3. The lowest BCUT2D eigenvalue weighted by atomic mass is 9.31. The minimum Gasteiger partial charge on any atom is -0.311 e. The van der Waals surface area contributed by atoms with Crippen molar-refractivity contribution in [2.24, 2.45) is 0 Å². The number of pyridine rings is 2. The largest absolute Gasteiger partial charge is 0.311 e. The van der Waals surface area contributed by atoms with Crippen LogP contribution in [0.25, 0.3) is 0 Å². The van der Waals surface area contributed by atoms with Crippen LogP contribution in [-0.4, -0.2) is 33.4 Å². The Balaban J connectivity index is 1.14. The molecule has 7 heterocycles. The summed E-state index contributed by atoms with van der Waals surface area (Å²) in [5.74, 6) is 3.47. The Kier molecular flexibility index (Phi) is 7.03. The minimum atomic E-state index is -0.195. The van der Waals surface area contributed by atoms with Gasteiger partial charge in [0.1, 0.15) is 29.6 Å². The summed E-state index contributed by atoms with van der Waals surface area (Å²) >= 11 is 0. The molecule has 0 radical (unpaired) electrons. The van der Waals surface area contributed by atoms with Gasteiger partial charge >= 0.3 is 0 Å². The van der Waals surface area contributed by atoms with Gasteiger partial charge in [-0.1, -0.05) is 103 Å². The average molecular weight is 766 g/mol. The van der Waals surface area contributed by atoms with Crippen molar-refractivity contribution >= 4 is 115 Å². The summed E-state index contributed by atoms with van der Waals surface area (Å²) in [5.41, 5.74) is 15.4. The van der Waals surface area contributed by atoms with E-state index in [1.165, 1.54) is 10.9 Å². The fraction of sp³-hybridized carbons (Fsp3) is 0. The molecule has 0 N–H and O–H groups in total. The molecule has 60 heavy (non-hydrogen) atoms. The van der Waals surface area contributed by atoms with Gasteiger partial charge in [0, 0.05) is 57.9 Å². The second-order valence-corrected chi connectivity index (χ2v) is 15.5. The predicted molar refractivity (Wildman–Crippen MR) is 246 cm³/mol. The number of fused-ring (bicyclic) bond motifs is 8. The Morgan fingerprint density at radius 1 is 0.350 bits per heavy atom. The van der Waals surface area contributed by atoms with E-state index >= 15 is 0 Å². The van der Waals surface area contributed by atoms with Crippen molar-refractivity contribution in [3.05, 3.63) is 195 Å². The van der Waals surface area contributed by atoms with E-state index in [0.717, 1.165) is 90.6 Å². The Morgan fingerprint density at radius 2 is 0.850 bits per heavy atom. The molecule has 0 amide bonds. The molecular formula is C50H32B2N8. The van der Waals surface area contributed by atoms with Crippen molar-refractivity contribution in [1.82, 2.24) is 19.9 Å². The van der Waals surface area contributed by atoms with Crippen LogP contribution in [-0.2, 0) is 0 Å². The molecule has 0 saturated heterocycles. The molecule has 9 aromatic rings. The maximum absolute atomic E-state index is 5.92. The second kappa shape index (κ2) is 12.8. The normalized spacial score (nSPS) is 13.8. The van der Waals surface area contributed by atoms with Crippen LogP contribution in [0.1, 0.15) is 0 Å². The van der Waals surface area contributed by atoms with E-state index in [0.29, 0.717) is 0 Å². The Morgan fingerprint density at radius 3 is 1.50 bits per heavy atom. The van der Waals surface area contributed by atoms with Crippen LogP contribution in [0.4, 0.5) is 68.8 Å². The van der Waals surface area contributed by atoms with Crippen molar-refractivity contribution in [1.29, 1.82) is 0 Å². The first-order valence-corrected chi connectivity index (χ1v) is 20.3. The van der Waals surface area contributed by atoms with Gasteiger partial charge in [0.25, 0.3) is 13.4 Å². The number of para-hydroxylation sites is 5. The first kappa shape index (κ1) is 33.0. The zero-order valence-electron chi connectivity index (χ0n) is 32.2. The highest BCUT2D eigenvalue weighted by Gasteiger charge is 2.49. The molecule has 8 nitrogen and oxygen atoms in total. The van der Waals surface area contributed by atoms with E-state index in [1.54, 1.807) is 6.33 Å². The Bertz CT molecular complexity index is 2940. The van der Waals surface area contributed by atoms with Gasteiger partial charge in [-0.3, -0.25) is 14.7 Å². The number of hydrogen-bond donors (Lipinski definition) is 0. The molecule has 13 rings (SSSR count). The molecule has 0 saturated carbocycles. The highest BCUT2D eigenvalue weighted by Crippen LogP contribution is 2.46. The van der Waals surface area contributed by atoms with Gasteiger partial charge in [-0.05, 0) is 106 Å². The summed E-state index contributed by atoms with van der Waals surface area (Å²) in [6.45, 7) is -0.343. The molecule has 6 aromatic carbocycles. The van der Waals surface area contributed by atoms with E-state index in [2.05, 4.69) is 196 Å². The van der Waals surface area contributed by atoms with E-state index in [1.807, 2.05) is 12.4 Å². The van der Waals surface area contributed by atoms with E-state index in [4.69, 9.17) is 19.9 Å². The second-order valence-electron chi connectivity index (χ2n) is 15.5. The lowest BCUT2D eigenvalue weighted by Crippen LogP contribution is -2.66. The standard InChI is InChI=1S/C50H32B2N8/c1-5-16-33(17-6-1)57-41-25-14-13-24-37(41)51-39-30-38-48(56-49(39)60(36-22-11-4-12-23-36)50-46(51)44(57)28-29-54-50)59(35-20-9-3-10-21-35)43-27-15-26-42-45(43)52(38)40-31-53-32-55-47(40)58(42)34-18-7-2-8-19-34/h1-32H. The third-order valence-corrected chi connectivity index (χ3v) is 12.4. The maximum Gasteiger partial charge on any atom is 0.258 e. The summed E-state index contributed by atoms with van der Waals surface area (Å²) in [4.78, 5) is 30.2. The van der Waals surface area contributed by atoms with Gasteiger partial charge in [0.05, 0.1) is 0 Å². The third-order valence-electron chi connectivity index (χ3n) is 12.4. The molecule has 3 aromatic heterocycles. The van der Waals surface area contributed by atoms with Crippen LogP contribution in [0, 0.1) is 0 Å². The minimum absolute atomic E-state index is 0.148. The van der Waals surface area contributed by atoms with Crippen molar-refractivity contribution in [3.8, 4) is 0 Å². The molecule has 0 atom stereocenters. The fourth-order valence-corrected chi connectivity index (χ4v) is 10.1. The summed E-state index contributed by atoms with van der Waals surface area (Å²) in [6, 6.07) is 62.4. The van der Waals surface area contributed by atoms with Crippen LogP contribution in [0.5, 0.6) is 0 Å². The predicted octanol–water partition coefficient (Wildman–Crippen LogP) is 7.43. The van der Waals surface area contributed by atoms with Crippen molar-refractivity contribution in [2.75, 3.05) is 19.6 Å². The first-order valence-electron chi connectivity index (χ1n) is 20.3. The summed E-state index contributed by atoms with van der Waals surface area (Å²) in [6.07, 6.45) is 5.61. The number of nitrogens with zero attached hydrogens (tertiary/aromatic N) is 8. The molecule has 4 aliphatic rings. The first-order chi connectivity index (χ1) is 29.8. The van der Waals surface area contributed by atoms with Crippen LogP contribution in [0.2, 0.25) is 0 Å². The SMILES string of the molecule is c1ccc(N2c3ccccc3B3c4cc5c(nc4N(c4ccccc4)c4nccc2c43)N(c2ccccc2)c2cccc3c2B5c2cncnc2N3c2ccccc2)cc1. The molecule has 0 bridgehead atoms. The smallest absolute Gasteiger partial charge is 0.258 e. The molecular weight excluding hydrogens is 734 g/mol. The molecule has 4 aliphatic heterocycles. The lowest BCUT2D eigenvalue weighted by molar-refractivity contribution is 1.10. The third kappa shape index (κ3) is 4.58. The van der Waals surface area contributed by atoms with Crippen molar-refractivity contribution < 1.29 is 0 Å². The zero-order chi connectivity index (χ0) is 39.3. The molecule has 0 fully saturated rings. The average Bonchev–Trinajstić information content (AvgIpc) is 3.32.